The number of halogens is 1. The van der Waals surface area contributed by atoms with Crippen molar-refractivity contribution in [1.29, 1.82) is 0 Å². The Morgan fingerprint density at radius 3 is 2.85 bits per heavy atom. The van der Waals surface area contributed by atoms with E-state index in [0.717, 1.165) is 0 Å². The van der Waals surface area contributed by atoms with Gasteiger partial charge in [0.25, 0.3) is 0 Å². The van der Waals surface area contributed by atoms with Crippen molar-refractivity contribution in [3.8, 4) is 11.5 Å². The number of aliphatic hydroxyl groups excluding tert-OH is 1. The SMILES string of the molecule is Cc1cc(OC2COc3ccccc3C2O)ccc1F. The molecule has 0 fully saturated rings. The van der Waals surface area contributed by atoms with E-state index in [0.29, 0.717) is 22.6 Å². The van der Waals surface area contributed by atoms with E-state index in [1.165, 1.54) is 6.07 Å². The Labute approximate surface area is 116 Å². The fraction of sp³-hybridized carbons (Fsp3) is 0.250. The van der Waals surface area contributed by atoms with Crippen molar-refractivity contribution in [2.45, 2.75) is 19.1 Å². The number of para-hydroxylation sites is 1. The standard InChI is InChI=1S/C16H15FO3/c1-10-8-11(6-7-13(10)17)20-15-9-19-14-5-3-2-4-12(14)16(15)18/h2-8,15-16,18H,9H2,1H3. The number of hydrogen-bond acceptors (Lipinski definition) is 3. The molecule has 104 valence electrons. The van der Waals surface area contributed by atoms with Gasteiger partial charge in [0.15, 0.2) is 6.10 Å². The summed E-state index contributed by atoms with van der Waals surface area (Å²) in [6.45, 7) is 1.93. The molecular weight excluding hydrogens is 259 g/mol. The average molecular weight is 274 g/mol. The number of ether oxygens (including phenoxy) is 2. The zero-order chi connectivity index (χ0) is 14.1. The highest BCUT2D eigenvalue weighted by molar-refractivity contribution is 5.38. The Morgan fingerprint density at radius 1 is 1.25 bits per heavy atom. The molecule has 4 heteroatoms. The first-order chi connectivity index (χ1) is 9.65. The molecule has 1 aliphatic rings. The van der Waals surface area contributed by atoms with Crippen LogP contribution in [-0.2, 0) is 0 Å². The summed E-state index contributed by atoms with van der Waals surface area (Å²) in [5.41, 5.74) is 1.22. The van der Waals surface area contributed by atoms with Crippen LogP contribution in [0.4, 0.5) is 4.39 Å². The van der Waals surface area contributed by atoms with Gasteiger partial charge in [0, 0.05) is 5.56 Å². The largest absolute Gasteiger partial charge is 0.489 e. The molecule has 1 N–H and O–H groups in total. The minimum Gasteiger partial charge on any atom is -0.489 e. The number of hydrogen-bond donors (Lipinski definition) is 1. The molecule has 2 atom stereocenters. The van der Waals surface area contributed by atoms with Crippen molar-refractivity contribution < 1.29 is 19.0 Å². The lowest BCUT2D eigenvalue weighted by atomic mass is 10.0. The Morgan fingerprint density at radius 2 is 2.05 bits per heavy atom. The van der Waals surface area contributed by atoms with Crippen LogP contribution in [0.15, 0.2) is 42.5 Å². The van der Waals surface area contributed by atoms with Crippen LogP contribution in [0, 0.1) is 12.7 Å². The molecule has 0 aliphatic carbocycles. The van der Waals surface area contributed by atoms with Gasteiger partial charge in [0.1, 0.15) is 30.0 Å². The van der Waals surface area contributed by atoms with E-state index in [9.17, 15) is 9.50 Å². The van der Waals surface area contributed by atoms with Crippen molar-refractivity contribution in [2.24, 2.45) is 0 Å². The highest BCUT2D eigenvalue weighted by atomic mass is 19.1. The van der Waals surface area contributed by atoms with Gasteiger partial charge in [-0.3, -0.25) is 0 Å². The first-order valence-corrected chi connectivity index (χ1v) is 6.48. The molecule has 0 amide bonds. The zero-order valence-corrected chi connectivity index (χ0v) is 11.0. The molecular formula is C16H15FO3. The molecule has 0 aromatic heterocycles. The highest BCUT2D eigenvalue weighted by Crippen LogP contribution is 2.33. The molecule has 0 spiro atoms. The molecule has 1 aliphatic heterocycles. The van der Waals surface area contributed by atoms with Crippen LogP contribution in [0.1, 0.15) is 17.2 Å². The van der Waals surface area contributed by atoms with Gasteiger partial charge in [-0.1, -0.05) is 18.2 Å². The molecule has 3 rings (SSSR count). The van der Waals surface area contributed by atoms with Crippen LogP contribution in [0.2, 0.25) is 0 Å². The smallest absolute Gasteiger partial charge is 0.163 e. The fourth-order valence-corrected chi connectivity index (χ4v) is 2.28. The summed E-state index contributed by atoms with van der Waals surface area (Å²) in [5, 5.41) is 10.3. The first-order valence-electron chi connectivity index (χ1n) is 6.48. The van der Waals surface area contributed by atoms with Crippen LogP contribution in [-0.4, -0.2) is 17.8 Å². The Hall–Kier alpha value is -2.07. The molecule has 0 saturated heterocycles. The summed E-state index contributed by atoms with van der Waals surface area (Å²) in [5.74, 6) is 0.925. The van der Waals surface area contributed by atoms with E-state index >= 15 is 0 Å². The maximum Gasteiger partial charge on any atom is 0.163 e. The maximum absolute atomic E-state index is 13.2. The van der Waals surface area contributed by atoms with E-state index in [4.69, 9.17) is 9.47 Å². The molecule has 2 aromatic carbocycles. The zero-order valence-electron chi connectivity index (χ0n) is 11.0. The van der Waals surface area contributed by atoms with Gasteiger partial charge < -0.3 is 14.6 Å². The van der Waals surface area contributed by atoms with Gasteiger partial charge in [-0.05, 0) is 36.8 Å². The van der Waals surface area contributed by atoms with E-state index in [1.54, 1.807) is 19.1 Å². The van der Waals surface area contributed by atoms with Crippen molar-refractivity contribution in [3.63, 3.8) is 0 Å². The van der Waals surface area contributed by atoms with Crippen molar-refractivity contribution in [2.75, 3.05) is 6.61 Å². The Bertz CT molecular complexity index is 627. The number of aliphatic hydroxyl groups is 1. The summed E-state index contributed by atoms with van der Waals surface area (Å²) in [7, 11) is 0. The van der Waals surface area contributed by atoms with E-state index < -0.39 is 12.2 Å². The summed E-state index contributed by atoms with van der Waals surface area (Å²) < 4.78 is 24.5. The summed E-state index contributed by atoms with van der Waals surface area (Å²) in [6, 6.07) is 11.8. The predicted octanol–water partition coefficient (Wildman–Crippen LogP) is 3.01. The summed E-state index contributed by atoms with van der Waals surface area (Å²) in [6.07, 6.45) is -1.26. The van der Waals surface area contributed by atoms with Gasteiger partial charge in [0.05, 0.1) is 0 Å². The Kier molecular flexibility index (Phi) is 3.32. The number of aryl methyl sites for hydroxylation is 1. The highest BCUT2D eigenvalue weighted by Gasteiger charge is 2.30. The quantitative estimate of drug-likeness (QED) is 0.915. The third-order valence-electron chi connectivity index (χ3n) is 3.41. The van der Waals surface area contributed by atoms with E-state index in [2.05, 4.69) is 0 Å². The molecule has 2 unspecified atom stereocenters. The van der Waals surface area contributed by atoms with Crippen LogP contribution in [0.3, 0.4) is 0 Å². The second-order valence-electron chi connectivity index (χ2n) is 4.86. The lowest BCUT2D eigenvalue weighted by molar-refractivity contribution is -0.0103. The minimum absolute atomic E-state index is 0.259. The van der Waals surface area contributed by atoms with Crippen molar-refractivity contribution in [3.05, 3.63) is 59.4 Å². The number of rotatable bonds is 2. The molecule has 0 saturated carbocycles. The first kappa shape index (κ1) is 12.9. The number of benzene rings is 2. The molecule has 20 heavy (non-hydrogen) atoms. The average Bonchev–Trinajstić information content (AvgIpc) is 2.46. The third kappa shape index (κ3) is 2.34. The molecule has 0 radical (unpaired) electrons. The summed E-state index contributed by atoms with van der Waals surface area (Å²) in [4.78, 5) is 0. The van der Waals surface area contributed by atoms with Crippen LogP contribution < -0.4 is 9.47 Å². The van der Waals surface area contributed by atoms with Gasteiger partial charge in [0.2, 0.25) is 0 Å². The fourth-order valence-electron chi connectivity index (χ4n) is 2.28. The van der Waals surface area contributed by atoms with Gasteiger partial charge in [-0.2, -0.15) is 0 Å². The van der Waals surface area contributed by atoms with Crippen LogP contribution in [0.5, 0.6) is 11.5 Å². The van der Waals surface area contributed by atoms with Crippen molar-refractivity contribution in [1.82, 2.24) is 0 Å². The summed E-state index contributed by atoms with van der Waals surface area (Å²) >= 11 is 0. The molecule has 0 bridgehead atoms. The molecule has 2 aromatic rings. The topological polar surface area (TPSA) is 38.7 Å². The lowest BCUT2D eigenvalue weighted by Gasteiger charge is -2.30. The predicted molar refractivity (Wildman–Crippen MR) is 72.4 cm³/mol. The van der Waals surface area contributed by atoms with Gasteiger partial charge in [-0.15, -0.1) is 0 Å². The lowest BCUT2D eigenvalue weighted by Crippen LogP contribution is -2.35. The van der Waals surface area contributed by atoms with E-state index in [1.807, 2.05) is 24.3 Å². The maximum atomic E-state index is 13.2. The normalized spacial score (nSPS) is 20.9. The second kappa shape index (κ2) is 5.13. The van der Waals surface area contributed by atoms with Crippen LogP contribution in [0.25, 0.3) is 0 Å². The molecule has 1 heterocycles. The minimum atomic E-state index is -0.759. The van der Waals surface area contributed by atoms with Gasteiger partial charge >= 0.3 is 0 Å². The third-order valence-corrected chi connectivity index (χ3v) is 3.41. The molecule has 3 nitrogen and oxygen atoms in total. The second-order valence-corrected chi connectivity index (χ2v) is 4.86. The van der Waals surface area contributed by atoms with Gasteiger partial charge in [-0.25, -0.2) is 4.39 Å². The number of fused-ring (bicyclic) bond motifs is 1. The van der Waals surface area contributed by atoms with Crippen LogP contribution >= 0.6 is 0 Å². The monoisotopic (exact) mass is 274 g/mol. The van der Waals surface area contributed by atoms with Crippen molar-refractivity contribution >= 4 is 0 Å². The van der Waals surface area contributed by atoms with E-state index in [-0.39, 0.29) is 12.4 Å². The Balaban J connectivity index is 1.81.